The van der Waals surface area contributed by atoms with Crippen LogP contribution in [0.3, 0.4) is 0 Å². The molecule has 8 heteroatoms. The number of ether oxygens (including phenoxy) is 1. The number of thioether (sulfide) groups is 1. The molecule has 3 aromatic rings. The molecule has 2 aliphatic heterocycles. The molecule has 0 fully saturated rings. The lowest BCUT2D eigenvalue weighted by atomic mass is 10.1. The zero-order valence-corrected chi connectivity index (χ0v) is 21.7. The first-order chi connectivity index (χ1) is 17.2. The second-order valence-electron chi connectivity index (χ2n) is 9.02. The Bertz CT molecular complexity index is 1490. The number of amidine groups is 2. The third-order valence-electron chi connectivity index (χ3n) is 6.28. The highest BCUT2D eigenvalue weighted by molar-refractivity contribution is 8.27. The summed E-state index contributed by atoms with van der Waals surface area (Å²) in [6.07, 6.45) is 1.75. The van der Waals surface area contributed by atoms with E-state index >= 15 is 0 Å². The van der Waals surface area contributed by atoms with E-state index < -0.39 is 5.91 Å². The van der Waals surface area contributed by atoms with Crippen molar-refractivity contribution >= 4 is 39.8 Å². The SMILES string of the molecule is Cc1cccc(OCC2=NN3C(=N)/C(=C/c4cc(C)n(-c5c(C)cccc5C)c4C)C(=O)N=C3S2)c1. The number of benzene rings is 2. The van der Waals surface area contributed by atoms with Crippen LogP contribution < -0.4 is 4.74 Å². The summed E-state index contributed by atoms with van der Waals surface area (Å²) in [6.45, 7) is 10.5. The quantitative estimate of drug-likeness (QED) is 0.457. The third-order valence-corrected chi connectivity index (χ3v) is 7.16. The molecular formula is C28H27N5O2S. The Morgan fingerprint density at radius 2 is 1.75 bits per heavy atom. The summed E-state index contributed by atoms with van der Waals surface area (Å²) in [5.41, 5.74) is 7.74. The number of amides is 1. The monoisotopic (exact) mass is 497 g/mol. The van der Waals surface area contributed by atoms with E-state index in [0.29, 0.717) is 10.2 Å². The number of carbonyl (C=O) groups is 1. The van der Waals surface area contributed by atoms with Gasteiger partial charge in [0.25, 0.3) is 5.91 Å². The Morgan fingerprint density at radius 3 is 2.47 bits per heavy atom. The van der Waals surface area contributed by atoms with Gasteiger partial charge in [-0.15, -0.1) is 0 Å². The highest BCUT2D eigenvalue weighted by Gasteiger charge is 2.36. The zero-order valence-electron chi connectivity index (χ0n) is 20.9. The average Bonchev–Trinajstić information content (AvgIpc) is 3.36. The van der Waals surface area contributed by atoms with E-state index in [4.69, 9.17) is 10.1 Å². The van der Waals surface area contributed by atoms with Crippen LogP contribution in [0.4, 0.5) is 0 Å². The van der Waals surface area contributed by atoms with Gasteiger partial charge in [0.1, 0.15) is 17.4 Å². The number of aliphatic imine (C=N–C) groups is 1. The summed E-state index contributed by atoms with van der Waals surface area (Å²) < 4.78 is 8.05. The number of carbonyl (C=O) groups excluding carboxylic acids is 1. The Hall–Kier alpha value is -3.91. The molecule has 5 rings (SSSR count). The first kappa shape index (κ1) is 23.8. The second-order valence-corrected chi connectivity index (χ2v) is 10.1. The van der Waals surface area contributed by atoms with Gasteiger partial charge >= 0.3 is 0 Å². The van der Waals surface area contributed by atoms with Crippen LogP contribution in [0.1, 0.15) is 33.6 Å². The average molecular weight is 498 g/mol. The topological polar surface area (TPSA) is 83.0 Å². The summed E-state index contributed by atoms with van der Waals surface area (Å²) in [4.78, 5) is 17.1. The van der Waals surface area contributed by atoms with Gasteiger partial charge < -0.3 is 9.30 Å². The molecule has 3 heterocycles. The molecule has 0 atom stereocenters. The molecule has 0 saturated heterocycles. The summed E-state index contributed by atoms with van der Waals surface area (Å²) in [5.74, 6) is 0.322. The molecule has 1 N–H and O–H groups in total. The Morgan fingerprint density at radius 1 is 1.03 bits per heavy atom. The van der Waals surface area contributed by atoms with Crippen molar-refractivity contribution in [2.75, 3.05) is 6.61 Å². The number of fused-ring (bicyclic) bond motifs is 1. The molecule has 7 nitrogen and oxygen atoms in total. The number of nitrogens with zero attached hydrogens (tertiary/aromatic N) is 4. The molecule has 0 unspecified atom stereocenters. The van der Waals surface area contributed by atoms with E-state index in [1.54, 1.807) is 6.08 Å². The maximum atomic E-state index is 12.9. The van der Waals surface area contributed by atoms with Gasteiger partial charge in [-0.3, -0.25) is 10.2 Å². The van der Waals surface area contributed by atoms with E-state index in [1.807, 2.05) is 51.1 Å². The van der Waals surface area contributed by atoms with Crippen molar-refractivity contribution in [3.8, 4) is 11.4 Å². The molecule has 36 heavy (non-hydrogen) atoms. The van der Waals surface area contributed by atoms with Gasteiger partial charge in [-0.2, -0.15) is 15.1 Å². The minimum absolute atomic E-state index is 0.0138. The maximum Gasteiger partial charge on any atom is 0.283 e. The molecular weight excluding hydrogens is 470 g/mol. The largest absolute Gasteiger partial charge is 0.487 e. The molecule has 0 saturated carbocycles. The van der Waals surface area contributed by atoms with Crippen LogP contribution in [0.5, 0.6) is 5.75 Å². The second kappa shape index (κ2) is 9.28. The number of aromatic nitrogens is 1. The maximum absolute atomic E-state index is 12.9. The van der Waals surface area contributed by atoms with Gasteiger partial charge in [0.15, 0.2) is 5.84 Å². The van der Waals surface area contributed by atoms with Crippen LogP contribution in [0.15, 0.2) is 64.2 Å². The molecule has 2 aliphatic rings. The van der Waals surface area contributed by atoms with Crippen molar-refractivity contribution in [1.29, 1.82) is 5.41 Å². The Balaban J connectivity index is 1.42. The van der Waals surface area contributed by atoms with Gasteiger partial charge in [0.2, 0.25) is 5.17 Å². The summed E-state index contributed by atoms with van der Waals surface area (Å²) in [6, 6.07) is 16.1. The van der Waals surface area contributed by atoms with Crippen LogP contribution in [0, 0.1) is 40.0 Å². The molecule has 1 amide bonds. The van der Waals surface area contributed by atoms with Crippen LogP contribution in [0.25, 0.3) is 11.8 Å². The Labute approximate surface area is 214 Å². The van der Waals surface area contributed by atoms with Crippen LogP contribution >= 0.6 is 11.8 Å². The number of hydrogen-bond acceptors (Lipinski definition) is 5. The van der Waals surface area contributed by atoms with Crippen molar-refractivity contribution in [2.45, 2.75) is 34.6 Å². The first-order valence-corrected chi connectivity index (χ1v) is 12.5. The lowest BCUT2D eigenvalue weighted by molar-refractivity contribution is -0.114. The van der Waals surface area contributed by atoms with E-state index in [-0.39, 0.29) is 18.0 Å². The van der Waals surface area contributed by atoms with Crippen LogP contribution in [0.2, 0.25) is 0 Å². The van der Waals surface area contributed by atoms with Gasteiger partial charge in [-0.25, -0.2) is 0 Å². The smallest absolute Gasteiger partial charge is 0.283 e. The summed E-state index contributed by atoms with van der Waals surface area (Å²) in [7, 11) is 0. The molecule has 1 aromatic heterocycles. The minimum Gasteiger partial charge on any atom is -0.487 e. The van der Waals surface area contributed by atoms with Crippen LogP contribution in [-0.4, -0.2) is 38.1 Å². The number of rotatable bonds is 5. The third kappa shape index (κ3) is 4.28. The summed E-state index contributed by atoms with van der Waals surface area (Å²) in [5, 5.41) is 15.7. The standard InChI is InChI=1S/C28H27N5O2S/c1-16-8-6-11-22(12-16)35-15-24-31-33-26(29)23(27(34)30-28(33)36-24)14-21-13-19(4)32(20(21)5)25-17(2)9-7-10-18(25)3/h6-14,29H,15H2,1-5H3/b23-14-,29-26?. The fourth-order valence-corrected chi connectivity index (χ4v) is 5.33. The minimum atomic E-state index is -0.438. The number of hydrazone groups is 1. The van der Waals surface area contributed by atoms with E-state index in [0.717, 1.165) is 34.0 Å². The first-order valence-electron chi connectivity index (χ1n) is 11.7. The molecule has 0 radical (unpaired) electrons. The Kier molecular flexibility index (Phi) is 6.14. The molecule has 182 valence electrons. The number of nitrogens with one attached hydrogen (secondary N) is 1. The summed E-state index contributed by atoms with van der Waals surface area (Å²) >= 11 is 1.25. The normalized spacial score (nSPS) is 16.4. The molecule has 2 aromatic carbocycles. The van der Waals surface area contributed by atoms with Crippen molar-refractivity contribution in [1.82, 2.24) is 9.58 Å². The zero-order chi connectivity index (χ0) is 25.6. The lowest BCUT2D eigenvalue weighted by Crippen LogP contribution is -2.35. The fraction of sp³-hybridized carbons (Fsp3) is 0.214. The molecule has 0 aliphatic carbocycles. The number of para-hydroxylation sites is 1. The van der Waals surface area contributed by atoms with E-state index in [9.17, 15) is 4.79 Å². The number of aryl methyl sites for hydroxylation is 4. The predicted molar refractivity (Wildman–Crippen MR) is 146 cm³/mol. The lowest BCUT2D eigenvalue weighted by Gasteiger charge is -2.20. The van der Waals surface area contributed by atoms with Crippen LogP contribution in [-0.2, 0) is 4.79 Å². The van der Waals surface area contributed by atoms with Gasteiger partial charge in [0.05, 0.1) is 11.3 Å². The van der Waals surface area contributed by atoms with Crippen molar-refractivity contribution in [3.63, 3.8) is 0 Å². The van der Waals surface area contributed by atoms with Crippen molar-refractivity contribution < 1.29 is 9.53 Å². The van der Waals surface area contributed by atoms with Crippen molar-refractivity contribution in [2.24, 2.45) is 10.1 Å². The van der Waals surface area contributed by atoms with Gasteiger partial charge in [0, 0.05) is 11.4 Å². The molecule has 0 bridgehead atoms. The van der Waals surface area contributed by atoms with Gasteiger partial charge in [-0.1, -0.05) is 30.3 Å². The number of hydrogen-bond donors (Lipinski definition) is 1. The fourth-order valence-electron chi connectivity index (χ4n) is 4.53. The predicted octanol–water partition coefficient (Wildman–Crippen LogP) is 5.72. The van der Waals surface area contributed by atoms with Gasteiger partial charge in [-0.05, 0) is 92.9 Å². The molecule has 0 spiro atoms. The highest BCUT2D eigenvalue weighted by Crippen LogP contribution is 2.31. The van der Waals surface area contributed by atoms with Crippen molar-refractivity contribution in [3.05, 3.63) is 87.7 Å². The van der Waals surface area contributed by atoms with E-state index in [2.05, 4.69) is 46.7 Å². The highest BCUT2D eigenvalue weighted by atomic mass is 32.2. The van der Waals surface area contributed by atoms with E-state index in [1.165, 1.54) is 27.9 Å².